The summed E-state index contributed by atoms with van der Waals surface area (Å²) in [5, 5.41) is 13.9. The highest BCUT2D eigenvalue weighted by molar-refractivity contribution is 6.31. The molecule has 126 valence electrons. The number of hydrogen-bond donors (Lipinski definition) is 2. The van der Waals surface area contributed by atoms with Gasteiger partial charge in [-0.25, -0.2) is 0 Å². The summed E-state index contributed by atoms with van der Waals surface area (Å²) in [6, 6.07) is 10.8. The summed E-state index contributed by atoms with van der Waals surface area (Å²) < 4.78 is 10.7. The Balaban J connectivity index is 2.22. The summed E-state index contributed by atoms with van der Waals surface area (Å²) in [7, 11) is 3.11. The van der Waals surface area contributed by atoms with Crippen molar-refractivity contribution in [2.45, 2.75) is 0 Å². The minimum absolute atomic E-state index is 0.383. The van der Waals surface area contributed by atoms with Crippen LogP contribution in [0.15, 0.2) is 36.5 Å². The number of nitrogens with two attached hydrogens (primary N) is 1. The zero-order chi connectivity index (χ0) is 18.0. The number of aromatic nitrogens is 1. The molecule has 3 N–H and O–H groups in total. The van der Waals surface area contributed by atoms with Gasteiger partial charge < -0.3 is 20.5 Å². The summed E-state index contributed by atoms with van der Waals surface area (Å²) in [6.45, 7) is 0. The average Bonchev–Trinajstić information content (AvgIpc) is 2.62. The highest BCUT2D eigenvalue weighted by Crippen LogP contribution is 2.37. The molecule has 0 bridgehead atoms. The Morgan fingerprint density at radius 3 is 2.52 bits per heavy atom. The van der Waals surface area contributed by atoms with E-state index < -0.39 is 0 Å². The molecular formula is C18H15ClN4O2. The zero-order valence-electron chi connectivity index (χ0n) is 13.6. The second-order valence-corrected chi connectivity index (χ2v) is 5.68. The van der Waals surface area contributed by atoms with Crippen LogP contribution in [0.5, 0.6) is 11.5 Å². The fourth-order valence-corrected chi connectivity index (χ4v) is 2.70. The number of nitrogens with one attached hydrogen (secondary N) is 1. The van der Waals surface area contributed by atoms with Gasteiger partial charge in [0.15, 0.2) is 11.5 Å². The molecule has 1 aromatic heterocycles. The third-order valence-electron chi connectivity index (χ3n) is 3.77. The summed E-state index contributed by atoms with van der Waals surface area (Å²) in [6.07, 6.45) is 1.50. The van der Waals surface area contributed by atoms with Crippen LogP contribution >= 0.6 is 11.6 Å². The van der Waals surface area contributed by atoms with E-state index in [-0.39, 0.29) is 0 Å². The highest BCUT2D eigenvalue weighted by atomic mass is 35.5. The third kappa shape index (κ3) is 3.10. The number of nitrogen functional groups attached to an aromatic ring is 1. The van der Waals surface area contributed by atoms with Crippen LogP contribution in [-0.4, -0.2) is 19.2 Å². The number of ether oxygens (including phenoxy) is 2. The van der Waals surface area contributed by atoms with Gasteiger partial charge in [0.1, 0.15) is 6.07 Å². The van der Waals surface area contributed by atoms with Crippen molar-refractivity contribution in [2.75, 3.05) is 25.3 Å². The Morgan fingerprint density at radius 2 is 1.88 bits per heavy atom. The quantitative estimate of drug-likeness (QED) is 0.685. The molecule has 3 rings (SSSR count). The van der Waals surface area contributed by atoms with E-state index in [2.05, 4.69) is 16.4 Å². The van der Waals surface area contributed by atoms with Crippen molar-refractivity contribution in [3.8, 4) is 17.6 Å². The predicted octanol–water partition coefficient (Wildman–Crippen LogP) is 4.10. The predicted molar refractivity (Wildman–Crippen MR) is 98.7 cm³/mol. The lowest BCUT2D eigenvalue weighted by Crippen LogP contribution is -2.01. The molecule has 0 spiro atoms. The number of fused-ring (bicyclic) bond motifs is 1. The third-order valence-corrected chi connectivity index (χ3v) is 4.00. The number of methoxy groups -OCH3 is 2. The van der Waals surface area contributed by atoms with Crippen molar-refractivity contribution >= 4 is 39.6 Å². The van der Waals surface area contributed by atoms with Crippen LogP contribution in [0.1, 0.15) is 5.56 Å². The minimum atomic E-state index is 0.383. The SMILES string of the molecule is COc1cc2ncc(C#N)c(Nc3ccc(Cl)cc3N)c2cc1OC. The number of hydrogen-bond acceptors (Lipinski definition) is 6. The van der Waals surface area contributed by atoms with Crippen molar-refractivity contribution in [2.24, 2.45) is 0 Å². The number of benzene rings is 2. The molecular weight excluding hydrogens is 340 g/mol. The first-order chi connectivity index (χ1) is 12.1. The first-order valence-corrected chi connectivity index (χ1v) is 7.72. The topological polar surface area (TPSA) is 93.2 Å². The molecule has 0 fully saturated rings. The van der Waals surface area contributed by atoms with E-state index in [1.807, 2.05) is 0 Å². The Labute approximate surface area is 149 Å². The molecule has 25 heavy (non-hydrogen) atoms. The number of nitrogens with zero attached hydrogens (tertiary/aromatic N) is 2. The summed E-state index contributed by atoms with van der Waals surface area (Å²) in [5.74, 6) is 1.10. The Kier molecular flexibility index (Phi) is 4.50. The van der Waals surface area contributed by atoms with Crippen LogP contribution in [0.4, 0.5) is 17.1 Å². The van der Waals surface area contributed by atoms with Gasteiger partial charge in [-0.2, -0.15) is 5.26 Å². The van der Waals surface area contributed by atoms with Crippen LogP contribution in [0.2, 0.25) is 5.02 Å². The number of anilines is 3. The lowest BCUT2D eigenvalue weighted by atomic mass is 10.1. The van der Waals surface area contributed by atoms with Crippen LogP contribution < -0.4 is 20.5 Å². The Morgan fingerprint density at radius 1 is 1.16 bits per heavy atom. The van der Waals surface area contributed by atoms with E-state index in [4.69, 9.17) is 26.8 Å². The zero-order valence-corrected chi connectivity index (χ0v) is 14.4. The van der Waals surface area contributed by atoms with Gasteiger partial charge in [-0.1, -0.05) is 11.6 Å². The van der Waals surface area contributed by atoms with Gasteiger partial charge in [0.2, 0.25) is 0 Å². The van der Waals surface area contributed by atoms with E-state index in [1.165, 1.54) is 6.20 Å². The monoisotopic (exact) mass is 354 g/mol. The molecule has 6 nitrogen and oxygen atoms in total. The fraction of sp³-hybridized carbons (Fsp3) is 0.111. The molecule has 0 saturated heterocycles. The van der Waals surface area contributed by atoms with Gasteiger partial charge in [-0.3, -0.25) is 4.98 Å². The van der Waals surface area contributed by atoms with Gasteiger partial charge in [0.05, 0.1) is 42.4 Å². The van der Waals surface area contributed by atoms with E-state index >= 15 is 0 Å². The number of rotatable bonds is 4. The molecule has 0 aliphatic heterocycles. The van der Waals surface area contributed by atoms with Crippen LogP contribution in [0.3, 0.4) is 0 Å². The van der Waals surface area contributed by atoms with Crippen molar-refractivity contribution in [3.05, 3.63) is 47.1 Å². The Bertz CT molecular complexity index is 999. The largest absolute Gasteiger partial charge is 0.493 e. The molecule has 1 heterocycles. The second-order valence-electron chi connectivity index (χ2n) is 5.24. The smallest absolute Gasteiger partial charge is 0.162 e. The van der Waals surface area contributed by atoms with E-state index in [0.29, 0.717) is 50.1 Å². The first-order valence-electron chi connectivity index (χ1n) is 7.34. The maximum Gasteiger partial charge on any atom is 0.162 e. The molecule has 2 aromatic carbocycles. The summed E-state index contributed by atoms with van der Waals surface area (Å²) in [5.41, 5.74) is 8.76. The van der Waals surface area contributed by atoms with Gasteiger partial charge in [0, 0.05) is 22.7 Å². The van der Waals surface area contributed by atoms with Crippen LogP contribution in [0.25, 0.3) is 10.9 Å². The van der Waals surface area contributed by atoms with E-state index in [0.717, 1.165) is 0 Å². The van der Waals surface area contributed by atoms with Crippen molar-refractivity contribution in [1.82, 2.24) is 4.98 Å². The van der Waals surface area contributed by atoms with E-state index in [1.54, 1.807) is 44.6 Å². The van der Waals surface area contributed by atoms with Gasteiger partial charge >= 0.3 is 0 Å². The fourth-order valence-electron chi connectivity index (χ4n) is 2.52. The lowest BCUT2D eigenvalue weighted by molar-refractivity contribution is 0.356. The molecule has 0 saturated carbocycles. The van der Waals surface area contributed by atoms with Crippen molar-refractivity contribution in [1.29, 1.82) is 5.26 Å². The van der Waals surface area contributed by atoms with Crippen LogP contribution in [-0.2, 0) is 0 Å². The maximum absolute atomic E-state index is 9.46. The molecule has 0 unspecified atom stereocenters. The van der Waals surface area contributed by atoms with Gasteiger partial charge in [-0.15, -0.1) is 0 Å². The molecule has 7 heteroatoms. The number of pyridine rings is 1. The second kappa shape index (κ2) is 6.75. The molecule has 0 aliphatic carbocycles. The Hall–Kier alpha value is -3.17. The minimum Gasteiger partial charge on any atom is -0.493 e. The first kappa shape index (κ1) is 16.7. The molecule has 0 radical (unpaired) electrons. The van der Waals surface area contributed by atoms with Gasteiger partial charge in [-0.05, 0) is 24.3 Å². The lowest BCUT2D eigenvalue weighted by Gasteiger charge is -2.15. The average molecular weight is 355 g/mol. The van der Waals surface area contributed by atoms with Crippen molar-refractivity contribution < 1.29 is 9.47 Å². The number of halogens is 1. The highest BCUT2D eigenvalue weighted by Gasteiger charge is 2.14. The van der Waals surface area contributed by atoms with Crippen LogP contribution in [0, 0.1) is 11.3 Å². The molecule has 0 aliphatic rings. The van der Waals surface area contributed by atoms with E-state index in [9.17, 15) is 5.26 Å². The molecule has 0 atom stereocenters. The number of nitriles is 1. The van der Waals surface area contributed by atoms with Gasteiger partial charge in [0.25, 0.3) is 0 Å². The maximum atomic E-state index is 9.46. The standard InChI is InChI=1S/C18H15ClN4O2/c1-24-16-6-12-15(7-17(16)25-2)22-9-10(8-20)18(12)23-14-4-3-11(19)5-13(14)21/h3-7,9H,21H2,1-2H3,(H,22,23). The van der Waals surface area contributed by atoms with Crippen molar-refractivity contribution in [3.63, 3.8) is 0 Å². The molecule has 3 aromatic rings. The molecule has 0 amide bonds. The normalized spacial score (nSPS) is 10.3. The summed E-state index contributed by atoms with van der Waals surface area (Å²) in [4.78, 5) is 4.32. The summed E-state index contributed by atoms with van der Waals surface area (Å²) >= 11 is 5.95.